The Hall–Kier alpha value is -2.01. The first kappa shape index (κ1) is 22.0. The van der Waals surface area contributed by atoms with Crippen LogP contribution in [0.2, 0.25) is 0 Å². The van der Waals surface area contributed by atoms with Gasteiger partial charge < -0.3 is 19.7 Å². The molecule has 0 bridgehead atoms. The second kappa shape index (κ2) is 9.62. The molecule has 1 rings (SSSR count). The number of phenolic OH excluding ortho intramolecular Hbond substituents is 2. The summed E-state index contributed by atoms with van der Waals surface area (Å²) in [6.45, 7) is 11.7. The molecule has 1 atom stereocenters. The van der Waals surface area contributed by atoms with Crippen molar-refractivity contribution in [3.63, 3.8) is 0 Å². The number of allylic oxidation sites excluding steroid dienone is 2. The first-order chi connectivity index (χ1) is 12.1. The lowest BCUT2D eigenvalue weighted by molar-refractivity contribution is 0.0437. The van der Waals surface area contributed by atoms with Crippen molar-refractivity contribution in [2.75, 3.05) is 13.7 Å². The fourth-order valence-corrected chi connectivity index (χ4v) is 3.01. The number of ether oxygens (including phenoxy) is 2. The number of methoxy groups -OCH3 is 1. The highest BCUT2D eigenvalue weighted by atomic mass is 16.5. The van der Waals surface area contributed by atoms with Gasteiger partial charge >= 0.3 is 0 Å². The van der Waals surface area contributed by atoms with Gasteiger partial charge in [-0.2, -0.15) is 0 Å². The number of phenols is 2. The third-order valence-electron chi connectivity index (χ3n) is 4.18. The third kappa shape index (κ3) is 5.01. The van der Waals surface area contributed by atoms with Crippen molar-refractivity contribution in [3.05, 3.63) is 28.3 Å². The van der Waals surface area contributed by atoms with Crippen molar-refractivity contribution in [3.8, 4) is 17.2 Å². The molecule has 146 valence electrons. The topological polar surface area (TPSA) is 76.0 Å². The van der Waals surface area contributed by atoms with Gasteiger partial charge in [-0.05, 0) is 46.5 Å². The Morgan fingerprint density at radius 2 is 1.77 bits per heavy atom. The Balaban J connectivity index is 3.79. The predicted molar refractivity (Wildman–Crippen MR) is 103 cm³/mol. The van der Waals surface area contributed by atoms with Crippen LogP contribution in [0.15, 0.2) is 11.6 Å². The molecule has 0 amide bonds. The van der Waals surface area contributed by atoms with Crippen LogP contribution in [0.5, 0.6) is 17.2 Å². The van der Waals surface area contributed by atoms with Crippen molar-refractivity contribution < 1.29 is 24.5 Å². The molecule has 0 aliphatic heterocycles. The molecule has 0 saturated carbocycles. The van der Waals surface area contributed by atoms with Crippen LogP contribution in [0, 0.1) is 5.92 Å². The molecule has 1 aromatic rings. The van der Waals surface area contributed by atoms with E-state index in [0.29, 0.717) is 36.5 Å². The van der Waals surface area contributed by atoms with Gasteiger partial charge in [0.05, 0.1) is 18.8 Å². The number of ketones is 1. The monoisotopic (exact) mass is 364 g/mol. The SMILES string of the molecule is CCO[C@@H](CC(C)C)c1c(O)c(CC=C(C)C)c(O)c(C(C)=O)c1OC. The van der Waals surface area contributed by atoms with E-state index in [4.69, 9.17) is 9.47 Å². The number of carbonyl (C=O) groups is 1. The van der Waals surface area contributed by atoms with Crippen molar-refractivity contribution >= 4 is 5.78 Å². The van der Waals surface area contributed by atoms with E-state index in [1.54, 1.807) is 0 Å². The Bertz CT molecular complexity index is 670. The van der Waals surface area contributed by atoms with E-state index in [-0.39, 0.29) is 28.6 Å². The van der Waals surface area contributed by atoms with Crippen LogP contribution in [-0.2, 0) is 11.2 Å². The molecule has 0 aliphatic carbocycles. The highest BCUT2D eigenvalue weighted by Gasteiger charge is 2.31. The van der Waals surface area contributed by atoms with Crippen LogP contribution in [0.1, 0.15) is 75.6 Å². The van der Waals surface area contributed by atoms with Crippen LogP contribution in [0.25, 0.3) is 0 Å². The summed E-state index contributed by atoms with van der Waals surface area (Å²) < 4.78 is 11.3. The minimum atomic E-state index is -0.431. The molecular formula is C21H32O5. The summed E-state index contributed by atoms with van der Waals surface area (Å²) >= 11 is 0. The number of carbonyl (C=O) groups excluding carboxylic acids is 1. The van der Waals surface area contributed by atoms with Crippen molar-refractivity contribution in [1.82, 2.24) is 0 Å². The molecule has 0 spiro atoms. The Morgan fingerprint density at radius 1 is 1.15 bits per heavy atom. The second-order valence-corrected chi connectivity index (χ2v) is 7.11. The summed E-state index contributed by atoms with van der Waals surface area (Å²) in [5.41, 5.74) is 1.89. The summed E-state index contributed by atoms with van der Waals surface area (Å²) in [6, 6.07) is 0. The molecule has 26 heavy (non-hydrogen) atoms. The average Bonchev–Trinajstić information content (AvgIpc) is 2.52. The van der Waals surface area contributed by atoms with E-state index >= 15 is 0 Å². The van der Waals surface area contributed by atoms with E-state index in [1.807, 2.05) is 26.8 Å². The zero-order chi connectivity index (χ0) is 20.0. The molecule has 5 heteroatoms. The maximum absolute atomic E-state index is 12.2. The lowest BCUT2D eigenvalue weighted by Crippen LogP contribution is -2.13. The van der Waals surface area contributed by atoms with E-state index in [1.165, 1.54) is 14.0 Å². The van der Waals surface area contributed by atoms with Crippen LogP contribution in [0.4, 0.5) is 0 Å². The maximum Gasteiger partial charge on any atom is 0.167 e. The molecule has 0 radical (unpaired) electrons. The van der Waals surface area contributed by atoms with Crippen LogP contribution >= 0.6 is 0 Å². The van der Waals surface area contributed by atoms with Gasteiger partial charge in [0.15, 0.2) is 5.78 Å². The molecule has 0 heterocycles. The van der Waals surface area contributed by atoms with Gasteiger partial charge in [-0.25, -0.2) is 0 Å². The van der Waals surface area contributed by atoms with Crippen molar-refractivity contribution in [2.24, 2.45) is 5.92 Å². The summed E-state index contributed by atoms with van der Waals surface area (Å²) in [6.07, 6.45) is 2.44. The fraction of sp³-hybridized carbons (Fsp3) is 0.571. The van der Waals surface area contributed by atoms with Gasteiger partial charge in [-0.15, -0.1) is 0 Å². The summed E-state index contributed by atoms with van der Waals surface area (Å²) in [7, 11) is 1.43. The maximum atomic E-state index is 12.2. The van der Waals surface area contributed by atoms with Crippen LogP contribution in [-0.4, -0.2) is 29.7 Å². The molecule has 0 unspecified atom stereocenters. The highest BCUT2D eigenvalue weighted by molar-refractivity contribution is 6.01. The Morgan fingerprint density at radius 3 is 2.19 bits per heavy atom. The lowest BCUT2D eigenvalue weighted by atomic mass is 9.90. The summed E-state index contributed by atoms with van der Waals surface area (Å²) in [5, 5.41) is 21.6. The van der Waals surface area contributed by atoms with Crippen LogP contribution in [0.3, 0.4) is 0 Å². The second-order valence-electron chi connectivity index (χ2n) is 7.11. The molecule has 0 aliphatic rings. The van der Waals surface area contributed by atoms with E-state index in [2.05, 4.69) is 13.8 Å². The Labute approximate surface area is 156 Å². The van der Waals surface area contributed by atoms with Crippen molar-refractivity contribution in [2.45, 2.75) is 60.5 Å². The number of Topliss-reactive ketones (excluding diaryl/α,β-unsaturated/α-hetero) is 1. The minimum Gasteiger partial charge on any atom is -0.507 e. The van der Waals surface area contributed by atoms with E-state index in [0.717, 1.165) is 5.57 Å². The van der Waals surface area contributed by atoms with Gasteiger partial charge in [0.25, 0.3) is 0 Å². The standard InChI is InChI=1S/C21H32O5/c1-8-26-16(11-13(4)5)18-20(24)15(10-9-12(2)3)19(23)17(14(6)22)21(18)25-7/h9,13,16,23-24H,8,10-11H2,1-7H3/t16-/m0/s1. The first-order valence-electron chi connectivity index (χ1n) is 9.06. The van der Waals surface area contributed by atoms with Gasteiger partial charge in [0.2, 0.25) is 0 Å². The number of rotatable bonds is 9. The predicted octanol–water partition coefficient (Wildman–Crippen LogP) is 4.94. The smallest absolute Gasteiger partial charge is 0.167 e. The van der Waals surface area contributed by atoms with E-state index < -0.39 is 6.10 Å². The van der Waals surface area contributed by atoms with Crippen LogP contribution < -0.4 is 4.74 Å². The molecule has 2 N–H and O–H groups in total. The minimum absolute atomic E-state index is 0.0686. The number of aromatic hydroxyl groups is 2. The molecular weight excluding hydrogens is 332 g/mol. The molecule has 1 aromatic carbocycles. The number of hydrogen-bond donors (Lipinski definition) is 2. The number of benzene rings is 1. The highest BCUT2D eigenvalue weighted by Crippen LogP contribution is 2.48. The lowest BCUT2D eigenvalue weighted by Gasteiger charge is -2.26. The summed E-state index contributed by atoms with van der Waals surface area (Å²) in [4.78, 5) is 12.2. The quantitative estimate of drug-likeness (QED) is 0.479. The zero-order valence-electron chi connectivity index (χ0n) is 17.0. The molecule has 0 saturated heterocycles. The molecule has 5 nitrogen and oxygen atoms in total. The molecule has 0 fully saturated rings. The van der Waals surface area contributed by atoms with Gasteiger partial charge in [-0.1, -0.05) is 25.5 Å². The Kier molecular flexibility index (Phi) is 8.15. The normalized spacial score (nSPS) is 12.2. The number of hydrogen-bond acceptors (Lipinski definition) is 5. The van der Waals surface area contributed by atoms with Gasteiger partial charge in [-0.3, -0.25) is 4.79 Å². The zero-order valence-corrected chi connectivity index (χ0v) is 17.0. The summed E-state index contributed by atoms with van der Waals surface area (Å²) in [5.74, 6) is -0.119. The fourth-order valence-electron chi connectivity index (χ4n) is 3.01. The largest absolute Gasteiger partial charge is 0.507 e. The van der Waals surface area contributed by atoms with Crippen molar-refractivity contribution in [1.29, 1.82) is 0 Å². The average molecular weight is 364 g/mol. The van der Waals surface area contributed by atoms with E-state index in [9.17, 15) is 15.0 Å². The first-order valence-corrected chi connectivity index (χ1v) is 9.06. The van der Waals surface area contributed by atoms with Gasteiger partial charge in [0.1, 0.15) is 22.8 Å². The van der Waals surface area contributed by atoms with Gasteiger partial charge in [0, 0.05) is 12.2 Å². The molecule has 0 aromatic heterocycles. The third-order valence-corrected chi connectivity index (χ3v) is 4.18.